The van der Waals surface area contributed by atoms with E-state index in [2.05, 4.69) is 5.32 Å². The van der Waals surface area contributed by atoms with E-state index in [-0.39, 0.29) is 24.5 Å². The van der Waals surface area contributed by atoms with E-state index in [0.29, 0.717) is 34.3 Å². The molecule has 0 spiro atoms. The molecule has 1 N–H and O–H groups in total. The normalized spacial score (nSPS) is 11.1. The van der Waals surface area contributed by atoms with Crippen molar-refractivity contribution in [2.45, 2.75) is 20.4 Å². The van der Waals surface area contributed by atoms with E-state index >= 15 is 0 Å². The van der Waals surface area contributed by atoms with Crippen molar-refractivity contribution in [2.24, 2.45) is 5.92 Å². The van der Waals surface area contributed by atoms with Gasteiger partial charge in [0.05, 0.1) is 11.0 Å². The Morgan fingerprint density at radius 1 is 1.00 bits per heavy atom. The van der Waals surface area contributed by atoms with Crippen molar-refractivity contribution in [1.29, 1.82) is 0 Å². The number of pyridine rings is 1. The van der Waals surface area contributed by atoms with E-state index in [4.69, 9.17) is 4.74 Å². The van der Waals surface area contributed by atoms with Gasteiger partial charge in [0.15, 0.2) is 12.0 Å². The Balaban J connectivity index is 1.85. The van der Waals surface area contributed by atoms with Crippen molar-refractivity contribution < 1.29 is 14.3 Å². The van der Waals surface area contributed by atoms with Crippen LogP contribution in [0.4, 0.5) is 0 Å². The number of rotatable bonds is 6. The molecule has 1 amide bonds. The molecule has 0 aliphatic rings. The van der Waals surface area contributed by atoms with Gasteiger partial charge in [-0.2, -0.15) is 0 Å². The van der Waals surface area contributed by atoms with Crippen LogP contribution in [-0.2, 0) is 20.9 Å². The summed E-state index contributed by atoms with van der Waals surface area (Å²) < 4.78 is 6.87. The van der Waals surface area contributed by atoms with E-state index in [0.717, 1.165) is 0 Å². The van der Waals surface area contributed by atoms with E-state index in [1.807, 2.05) is 26.0 Å². The summed E-state index contributed by atoms with van der Waals surface area (Å²) >= 11 is 0. The zero-order chi connectivity index (χ0) is 19.4. The van der Waals surface area contributed by atoms with Crippen molar-refractivity contribution in [3.05, 3.63) is 58.8 Å². The Kier molecular flexibility index (Phi) is 5.54. The number of carbonyl (C=O) groups is 2. The summed E-state index contributed by atoms with van der Waals surface area (Å²) in [5.74, 6) is -0.538. The Morgan fingerprint density at radius 2 is 1.56 bits per heavy atom. The van der Waals surface area contributed by atoms with Gasteiger partial charge in [0.1, 0.15) is 6.54 Å². The molecule has 0 unspecified atom stereocenters. The second kappa shape index (κ2) is 8.03. The maximum Gasteiger partial charge on any atom is 0.326 e. The summed E-state index contributed by atoms with van der Waals surface area (Å²) in [6.45, 7) is 4.10. The molecule has 0 fully saturated rings. The summed E-state index contributed by atoms with van der Waals surface area (Å²) in [5.41, 5.74) is 1.24. The van der Waals surface area contributed by atoms with Crippen molar-refractivity contribution in [2.75, 3.05) is 13.2 Å². The number of esters is 1. The van der Waals surface area contributed by atoms with Crippen molar-refractivity contribution >= 4 is 33.7 Å². The first kappa shape index (κ1) is 18.6. The van der Waals surface area contributed by atoms with Gasteiger partial charge in [-0.3, -0.25) is 14.4 Å². The molecular weight excluding hydrogens is 344 g/mol. The van der Waals surface area contributed by atoms with Crippen LogP contribution < -0.4 is 10.7 Å². The van der Waals surface area contributed by atoms with Crippen molar-refractivity contribution in [3.8, 4) is 0 Å². The summed E-state index contributed by atoms with van der Waals surface area (Å²) in [6.07, 6.45) is 0. The number of fused-ring (bicyclic) bond motifs is 2. The molecule has 2 aromatic carbocycles. The molecular formula is C21H22N2O4. The van der Waals surface area contributed by atoms with E-state index in [1.165, 1.54) is 0 Å². The minimum absolute atomic E-state index is 0.0705. The number of hydrogen-bond donors (Lipinski definition) is 1. The van der Waals surface area contributed by atoms with Gasteiger partial charge in [0.25, 0.3) is 5.91 Å². The monoisotopic (exact) mass is 366 g/mol. The molecule has 1 aromatic heterocycles. The molecule has 0 saturated heterocycles. The maximum absolute atomic E-state index is 12.7. The van der Waals surface area contributed by atoms with Crippen molar-refractivity contribution in [3.63, 3.8) is 0 Å². The number of carbonyl (C=O) groups excluding carboxylic acids is 2. The largest absolute Gasteiger partial charge is 0.454 e. The Morgan fingerprint density at radius 3 is 2.11 bits per heavy atom. The maximum atomic E-state index is 12.7. The fourth-order valence-electron chi connectivity index (χ4n) is 2.94. The minimum atomic E-state index is -0.534. The average Bonchev–Trinajstić information content (AvgIpc) is 2.68. The molecule has 0 saturated carbocycles. The number of ether oxygens (including phenoxy) is 1. The second-order valence-corrected chi connectivity index (χ2v) is 6.81. The van der Waals surface area contributed by atoms with Crippen molar-refractivity contribution in [1.82, 2.24) is 9.88 Å². The molecule has 27 heavy (non-hydrogen) atoms. The molecule has 0 aliphatic carbocycles. The van der Waals surface area contributed by atoms with Gasteiger partial charge in [0.2, 0.25) is 0 Å². The number of para-hydroxylation sites is 2. The lowest BCUT2D eigenvalue weighted by Gasteiger charge is -2.14. The van der Waals surface area contributed by atoms with Crippen LogP contribution in [0.2, 0.25) is 0 Å². The van der Waals surface area contributed by atoms with Gasteiger partial charge in [-0.05, 0) is 30.2 Å². The number of nitrogens with one attached hydrogen (secondary N) is 1. The van der Waals surface area contributed by atoms with E-state index < -0.39 is 5.97 Å². The highest BCUT2D eigenvalue weighted by Crippen LogP contribution is 2.19. The molecule has 0 aliphatic heterocycles. The van der Waals surface area contributed by atoms with Gasteiger partial charge in [-0.25, -0.2) is 0 Å². The van der Waals surface area contributed by atoms with E-state index in [9.17, 15) is 14.4 Å². The van der Waals surface area contributed by atoms with Gasteiger partial charge < -0.3 is 14.6 Å². The molecule has 3 aromatic rings. The van der Waals surface area contributed by atoms with Crippen LogP contribution in [-0.4, -0.2) is 29.6 Å². The Labute approximate surface area is 156 Å². The standard InChI is InChI=1S/C21H22N2O4/c1-14(2)11-22-19(24)13-27-20(25)12-23-17-9-5-3-7-15(17)21(26)16-8-4-6-10-18(16)23/h3-10,14H,11-13H2,1-2H3,(H,22,24). The molecule has 6 heteroatoms. The summed E-state index contributed by atoms with van der Waals surface area (Å²) in [5, 5.41) is 3.78. The highest BCUT2D eigenvalue weighted by Gasteiger charge is 2.14. The van der Waals surface area contributed by atoms with Crippen LogP contribution in [0.25, 0.3) is 21.8 Å². The Bertz CT molecular complexity index is 993. The molecule has 0 radical (unpaired) electrons. The highest BCUT2D eigenvalue weighted by atomic mass is 16.5. The van der Waals surface area contributed by atoms with Crippen LogP contribution >= 0.6 is 0 Å². The lowest BCUT2D eigenvalue weighted by molar-refractivity contribution is -0.149. The number of amides is 1. The molecule has 140 valence electrons. The zero-order valence-corrected chi connectivity index (χ0v) is 15.4. The molecule has 0 bridgehead atoms. The van der Waals surface area contributed by atoms with Crippen LogP contribution in [0.3, 0.4) is 0 Å². The first-order valence-electron chi connectivity index (χ1n) is 8.90. The van der Waals surface area contributed by atoms with Crippen LogP contribution in [0, 0.1) is 5.92 Å². The third kappa shape index (κ3) is 4.16. The SMILES string of the molecule is CC(C)CNC(=O)COC(=O)Cn1c2ccccc2c(=O)c2ccccc21. The zero-order valence-electron chi connectivity index (χ0n) is 15.4. The Hall–Kier alpha value is -3.15. The molecule has 1 heterocycles. The topological polar surface area (TPSA) is 77.4 Å². The third-order valence-electron chi connectivity index (χ3n) is 4.24. The molecule has 6 nitrogen and oxygen atoms in total. The number of nitrogens with zero attached hydrogens (tertiary/aromatic N) is 1. The fraction of sp³-hybridized carbons (Fsp3) is 0.286. The van der Waals surface area contributed by atoms with Gasteiger partial charge >= 0.3 is 5.97 Å². The van der Waals surface area contributed by atoms with Crippen LogP contribution in [0.5, 0.6) is 0 Å². The van der Waals surface area contributed by atoms with Crippen LogP contribution in [0.15, 0.2) is 53.3 Å². The van der Waals surface area contributed by atoms with Gasteiger partial charge in [0, 0.05) is 17.3 Å². The first-order chi connectivity index (χ1) is 13.0. The summed E-state index contributed by atoms with van der Waals surface area (Å²) in [4.78, 5) is 36.7. The first-order valence-corrected chi connectivity index (χ1v) is 8.90. The van der Waals surface area contributed by atoms with E-state index in [1.54, 1.807) is 41.0 Å². The summed E-state index contributed by atoms with van der Waals surface area (Å²) in [6, 6.07) is 14.3. The lowest BCUT2D eigenvalue weighted by Crippen LogP contribution is -2.32. The smallest absolute Gasteiger partial charge is 0.326 e. The second-order valence-electron chi connectivity index (χ2n) is 6.81. The van der Waals surface area contributed by atoms with Gasteiger partial charge in [-0.15, -0.1) is 0 Å². The number of aromatic nitrogens is 1. The lowest BCUT2D eigenvalue weighted by atomic mass is 10.1. The average molecular weight is 366 g/mol. The summed E-state index contributed by atoms with van der Waals surface area (Å²) in [7, 11) is 0. The fourth-order valence-corrected chi connectivity index (χ4v) is 2.94. The van der Waals surface area contributed by atoms with Crippen LogP contribution in [0.1, 0.15) is 13.8 Å². The number of hydrogen-bond acceptors (Lipinski definition) is 4. The highest BCUT2D eigenvalue weighted by molar-refractivity contribution is 5.94. The molecule has 0 atom stereocenters. The quantitative estimate of drug-likeness (QED) is 0.537. The predicted octanol–water partition coefficient (Wildman–Crippen LogP) is 2.47. The molecule has 3 rings (SSSR count). The van der Waals surface area contributed by atoms with Gasteiger partial charge in [-0.1, -0.05) is 38.1 Å². The minimum Gasteiger partial charge on any atom is -0.454 e. The predicted molar refractivity (Wildman–Crippen MR) is 105 cm³/mol. The number of benzene rings is 2. The third-order valence-corrected chi connectivity index (χ3v) is 4.24.